The standard InChI is InChI=1S/C14H19F2N3OS2/c15-13(16)22-12-3-1-11(2-4-12)17-14(21)19-7-5-18(6-8-19)9-10-20/h1-4,13,20H,5-10H2,(H,17,21)/p+1. The lowest BCUT2D eigenvalue weighted by molar-refractivity contribution is -0.904. The fourth-order valence-electron chi connectivity index (χ4n) is 2.36. The number of quaternary nitrogens is 1. The molecule has 4 nitrogen and oxygen atoms in total. The second-order valence-corrected chi connectivity index (χ2v) is 6.49. The van der Waals surface area contributed by atoms with Crippen LogP contribution < -0.4 is 10.2 Å². The minimum atomic E-state index is -2.40. The molecule has 1 saturated heterocycles. The number of hydrogen-bond acceptors (Lipinski definition) is 3. The quantitative estimate of drug-likeness (QED) is 0.545. The predicted octanol–water partition coefficient (Wildman–Crippen LogP) is 0.891. The van der Waals surface area contributed by atoms with Gasteiger partial charge in [-0.1, -0.05) is 11.8 Å². The molecule has 0 amide bonds. The second kappa shape index (κ2) is 8.61. The molecule has 0 bridgehead atoms. The lowest BCUT2D eigenvalue weighted by atomic mass is 10.3. The third kappa shape index (κ3) is 5.35. The van der Waals surface area contributed by atoms with Gasteiger partial charge in [0.25, 0.3) is 5.76 Å². The van der Waals surface area contributed by atoms with Crippen molar-refractivity contribution in [1.29, 1.82) is 0 Å². The van der Waals surface area contributed by atoms with Crippen molar-refractivity contribution in [3.63, 3.8) is 0 Å². The van der Waals surface area contributed by atoms with E-state index in [1.54, 1.807) is 24.3 Å². The number of piperazine rings is 1. The van der Waals surface area contributed by atoms with Crippen LogP contribution in [0.4, 0.5) is 14.5 Å². The van der Waals surface area contributed by atoms with Crippen LogP contribution in [0.1, 0.15) is 0 Å². The molecule has 1 aliphatic heterocycles. The highest BCUT2D eigenvalue weighted by molar-refractivity contribution is 7.99. The molecule has 0 aromatic heterocycles. The molecule has 8 heteroatoms. The van der Waals surface area contributed by atoms with E-state index >= 15 is 0 Å². The maximum Gasteiger partial charge on any atom is 0.288 e. The number of nitrogens with one attached hydrogen (secondary N) is 2. The van der Waals surface area contributed by atoms with Gasteiger partial charge in [0.2, 0.25) is 0 Å². The van der Waals surface area contributed by atoms with Gasteiger partial charge in [0.1, 0.15) is 6.54 Å². The topological polar surface area (TPSA) is 39.9 Å². The number of aliphatic hydroxyl groups is 1. The van der Waals surface area contributed by atoms with Crippen molar-refractivity contribution >= 4 is 34.8 Å². The Hall–Kier alpha value is -0.960. The van der Waals surface area contributed by atoms with Gasteiger partial charge >= 0.3 is 0 Å². The van der Waals surface area contributed by atoms with E-state index in [0.717, 1.165) is 38.4 Å². The molecule has 2 rings (SSSR count). The van der Waals surface area contributed by atoms with E-state index in [0.29, 0.717) is 21.8 Å². The molecule has 0 atom stereocenters. The van der Waals surface area contributed by atoms with Crippen LogP contribution in [0.25, 0.3) is 0 Å². The first kappa shape index (κ1) is 17.4. The van der Waals surface area contributed by atoms with Crippen LogP contribution in [0.15, 0.2) is 29.2 Å². The Balaban J connectivity index is 1.82. The number of halogens is 2. The molecule has 22 heavy (non-hydrogen) atoms. The minimum Gasteiger partial charge on any atom is -0.391 e. The Kier molecular flexibility index (Phi) is 6.81. The van der Waals surface area contributed by atoms with Crippen molar-refractivity contribution in [3.8, 4) is 0 Å². The monoisotopic (exact) mass is 348 g/mol. The Morgan fingerprint density at radius 1 is 1.32 bits per heavy atom. The molecular weight excluding hydrogens is 328 g/mol. The number of nitrogens with zero attached hydrogens (tertiary/aromatic N) is 1. The molecule has 0 unspecified atom stereocenters. The van der Waals surface area contributed by atoms with Crippen LogP contribution in [0.2, 0.25) is 0 Å². The SMILES string of the molecule is OCC[NH+]1CCN(C(=S)Nc2ccc(SC(F)F)cc2)CC1. The summed E-state index contributed by atoms with van der Waals surface area (Å²) in [6.07, 6.45) is 0. The Morgan fingerprint density at radius 2 is 1.95 bits per heavy atom. The summed E-state index contributed by atoms with van der Waals surface area (Å²) < 4.78 is 24.5. The smallest absolute Gasteiger partial charge is 0.288 e. The highest BCUT2D eigenvalue weighted by Crippen LogP contribution is 2.26. The number of aliphatic hydroxyl groups excluding tert-OH is 1. The number of thioether (sulfide) groups is 1. The number of alkyl halides is 2. The Labute approximate surface area is 138 Å². The summed E-state index contributed by atoms with van der Waals surface area (Å²) in [6, 6.07) is 6.82. The first-order chi connectivity index (χ1) is 10.6. The molecule has 0 spiro atoms. The van der Waals surface area contributed by atoms with E-state index in [-0.39, 0.29) is 6.61 Å². The fraction of sp³-hybridized carbons (Fsp3) is 0.500. The molecule has 1 fully saturated rings. The van der Waals surface area contributed by atoms with Gasteiger partial charge in [-0.25, -0.2) is 0 Å². The third-order valence-corrected chi connectivity index (χ3v) is 4.64. The maximum absolute atomic E-state index is 12.3. The maximum atomic E-state index is 12.3. The van der Waals surface area contributed by atoms with Crippen molar-refractivity contribution in [2.75, 3.05) is 44.6 Å². The zero-order chi connectivity index (χ0) is 15.9. The summed E-state index contributed by atoms with van der Waals surface area (Å²) in [5, 5.41) is 12.7. The van der Waals surface area contributed by atoms with Gasteiger partial charge in [-0.3, -0.25) is 0 Å². The van der Waals surface area contributed by atoms with Crippen molar-refractivity contribution in [2.45, 2.75) is 10.7 Å². The molecule has 1 heterocycles. The van der Waals surface area contributed by atoms with Gasteiger partial charge in [-0.05, 0) is 36.5 Å². The van der Waals surface area contributed by atoms with E-state index in [1.807, 2.05) is 0 Å². The van der Waals surface area contributed by atoms with Crippen LogP contribution >= 0.6 is 24.0 Å². The second-order valence-electron chi connectivity index (χ2n) is 5.04. The summed E-state index contributed by atoms with van der Waals surface area (Å²) >= 11 is 5.92. The van der Waals surface area contributed by atoms with Gasteiger partial charge in [0.15, 0.2) is 5.11 Å². The lowest BCUT2D eigenvalue weighted by Crippen LogP contribution is -3.15. The van der Waals surface area contributed by atoms with Crippen LogP contribution in [0.5, 0.6) is 0 Å². The van der Waals surface area contributed by atoms with Crippen LogP contribution in [0, 0.1) is 0 Å². The summed E-state index contributed by atoms with van der Waals surface area (Å²) in [5.74, 6) is -2.40. The van der Waals surface area contributed by atoms with E-state index in [2.05, 4.69) is 10.2 Å². The molecule has 1 aromatic rings. The molecule has 1 aliphatic rings. The molecule has 0 aliphatic carbocycles. The van der Waals surface area contributed by atoms with Crippen LogP contribution in [-0.2, 0) is 0 Å². The van der Waals surface area contributed by atoms with E-state index in [4.69, 9.17) is 17.3 Å². The van der Waals surface area contributed by atoms with Gasteiger partial charge < -0.3 is 20.2 Å². The van der Waals surface area contributed by atoms with E-state index < -0.39 is 5.76 Å². The van der Waals surface area contributed by atoms with Gasteiger partial charge in [-0.2, -0.15) is 8.78 Å². The Morgan fingerprint density at radius 3 is 2.50 bits per heavy atom. The highest BCUT2D eigenvalue weighted by atomic mass is 32.2. The summed E-state index contributed by atoms with van der Waals surface area (Å²) in [5.41, 5.74) is 0.800. The summed E-state index contributed by atoms with van der Waals surface area (Å²) in [4.78, 5) is 4.01. The average molecular weight is 348 g/mol. The molecule has 1 aromatic carbocycles. The number of rotatable bonds is 5. The van der Waals surface area contributed by atoms with Crippen molar-refractivity contribution < 1.29 is 18.8 Å². The summed E-state index contributed by atoms with van der Waals surface area (Å²) in [7, 11) is 0. The molecule has 0 saturated carbocycles. The molecule has 122 valence electrons. The largest absolute Gasteiger partial charge is 0.391 e. The van der Waals surface area contributed by atoms with Crippen LogP contribution in [-0.4, -0.2) is 60.2 Å². The normalized spacial score (nSPS) is 16.1. The van der Waals surface area contributed by atoms with E-state index in [1.165, 1.54) is 4.90 Å². The number of hydrogen-bond donors (Lipinski definition) is 3. The van der Waals surface area contributed by atoms with Gasteiger partial charge in [-0.15, -0.1) is 0 Å². The molecular formula is C14H20F2N3OS2+. The van der Waals surface area contributed by atoms with Crippen molar-refractivity contribution in [1.82, 2.24) is 4.90 Å². The van der Waals surface area contributed by atoms with Crippen molar-refractivity contribution in [3.05, 3.63) is 24.3 Å². The van der Waals surface area contributed by atoms with Crippen molar-refractivity contribution in [2.24, 2.45) is 0 Å². The lowest BCUT2D eigenvalue weighted by Gasteiger charge is -2.33. The van der Waals surface area contributed by atoms with E-state index in [9.17, 15) is 8.78 Å². The zero-order valence-electron chi connectivity index (χ0n) is 12.1. The average Bonchev–Trinajstić information content (AvgIpc) is 2.50. The minimum absolute atomic E-state index is 0.209. The zero-order valence-corrected chi connectivity index (χ0v) is 13.7. The number of benzene rings is 1. The molecule has 3 N–H and O–H groups in total. The predicted molar refractivity (Wildman–Crippen MR) is 88.7 cm³/mol. The fourth-order valence-corrected chi connectivity index (χ4v) is 3.16. The molecule has 0 radical (unpaired) electrons. The third-order valence-electron chi connectivity index (χ3n) is 3.55. The van der Waals surface area contributed by atoms with Gasteiger partial charge in [0.05, 0.1) is 32.8 Å². The highest BCUT2D eigenvalue weighted by Gasteiger charge is 2.21. The van der Waals surface area contributed by atoms with Crippen LogP contribution in [0.3, 0.4) is 0 Å². The van der Waals surface area contributed by atoms with Gasteiger partial charge in [0, 0.05) is 10.6 Å². The number of thiocarbonyl (C=S) groups is 1. The first-order valence-electron chi connectivity index (χ1n) is 7.13. The number of anilines is 1. The first-order valence-corrected chi connectivity index (χ1v) is 8.42. The summed E-state index contributed by atoms with van der Waals surface area (Å²) in [6.45, 7) is 4.58. The Bertz CT molecular complexity index is 479.